The molecule has 0 aliphatic carbocycles. The van der Waals surface area contributed by atoms with E-state index in [1.807, 2.05) is 0 Å². The molecule has 1 aromatic carbocycles. The molecule has 0 fully saturated rings. The molecule has 0 unspecified atom stereocenters. The van der Waals surface area contributed by atoms with Gasteiger partial charge in [-0.15, -0.1) is 0 Å². The Morgan fingerprint density at radius 1 is 1.45 bits per heavy atom. The van der Waals surface area contributed by atoms with E-state index >= 15 is 0 Å². The van der Waals surface area contributed by atoms with Crippen LogP contribution in [0.3, 0.4) is 0 Å². The zero-order chi connectivity index (χ0) is 15.2. The predicted molar refractivity (Wildman–Crippen MR) is 68.7 cm³/mol. The number of nitrogens with two attached hydrogens (primary N) is 1. The van der Waals surface area contributed by atoms with Crippen molar-refractivity contribution in [3.05, 3.63) is 24.3 Å². The molecule has 112 valence electrons. The zero-order valence-corrected chi connectivity index (χ0v) is 10.9. The molecule has 1 aromatic rings. The van der Waals surface area contributed by atoms with Crippen molar-refractivity contribution in [3.63, 3.8) is 0 Å². The van der Waals surface area contributed by atoms with Crippen molar-refractivity contribution >= 4 is 11.7 Å². The Labute approximate surface area is 114 Å². The molecule has 1 rings (SSSR count). The summed E-state index contributed by atoms with van der Waals surface area (Å²) < 4.78 is 42.1. The molecule has 0 radical (unpaired) electrons. The van der Waals surface area contributed by atoms with Crippen LogP contribution in [0.1, 0.15) is 0 Å². The lowest BCUT2D eigenvalue weighted by Crippen LogP contribution is -2.43. The molecule has 0 aliphatic heterocycles. The number of amides is 2. The molecule has 0 saturated heterocycles. The van der Waals surface area contributed by atoms with Crippen molar-refractivity contribution < 1.29 is 22.7 Å². The van der Waals surface area contributed by atoms with E-state index in [-0.39, 0.29) is 13.1 Å². The van der Waals surface area contributed by atoms with Gasteiger partial charge in [0.15, 0.2) is 0 Å². The maximum atomic E-state index is 12.4. The number of carbonyl (C=O) groups is 1. The average molecular weight is 291 g/mol. The molecule has 5 nitrogen and oxygen atoms in total. The highest BCUT2D eigenvalue weighted by Gasteiger charge is 2.32. The smallest absolute Gasteiger partial charge is 0.406 e. The monoisotopic (exact) mass is 291 g/mol. The minimum atomic E-state index is -4.47. The van der Waals surface area contributed by atoms with Crippen LogP contribution in [0.15, 0.2) is 24.3 Å². The Morgan fingerprint density at radius 2 is 2.15 bits per heavy atom. The molecule has 0 aromatic heterocycles. The minimum absolute atomic E-state index is 0.0540. The number of hydrogen-bond acceptors (Lipinski definition) is 3. The van der Waals surface area contributed by atoms with Crippen LogP contribution in [0.5, 0.6) is 5.75 Å². The molecule has 0 spiro atoms. The molecule has 8 heteroatoms. The van der Waals surface area contributed by atoms with Crippen molar-refractivity contribution in [1.29, 1.82) is 0 Å². The van der Waals surface area contributed by atoms with Crippen molar-refractivity contribution in [2.24, 2.45) is 5.73 Å². The largest absolute Gasteiger partial charge is 0.497 e. The molecule has 0 aliphatic rings. The second kappa shape index (κ2) is 6.99. The van der Waals surface area contributed by atoms with Crippen molar-refractivity contribution in [1.82, 2.24) is 4.90 Å². The summed E-state index contributed by atoms with van der Waals surface area (Å²) >= 11 is 0. The predicted octanol–water partition coefficient (Wildman–Crippen LogP) is 2.05. The lowest BCUT2D eigenvalue weighted by molar-refractivity contribution is -0.139. The molecular weight excluding hydrogens is 275 g/mol. The van der Waals surface area contributed by atoms with Crippen LogP contribution in [0.2, 0.25) is 0 Å². The van der Waals surface area contributed by atoms with Gasteiger partial charge in [0.2, 0.25) is 0 Å². The molecule has 20 heavy (non-hydrogen) atoms. The highest BCUT2D eigenvalue weighted by atomic mass is 19.4. The number of anilines is 1. The number of hydrogen-bond donors (Lipinski definition) is 2. The first kappa shape index (κ1) is 16.1. The first-order valence-electron chi connectivity index (χ1n) is 5.82. The van der Waals surface area contributed by atoms with Crippen LogP contribution < -0.4 is 15.8 Å². The minimum Gasteiger partial charge on any atom is -0.497 e. The molecule has 3 N–H and O–H groups in total. The third kappa shape index (κ3) is 5.35. The van der Waals surface area contributed by atoms with E-state index in [4.69, 9.17) is 10.5 Å². The van der Waals surface area contributed by atoms with E-state index in [2.05, 4.69) is 5.32 Å². The third-order valence-corrected chi connectivity index (χ3v) is 2.38. The molecule has 0 saturated carbocycles. The average Bonchev–Trinajstić information content (AvgIpc) is 2.37. The number of alkyl halides is 3. The third-order valence-electron chi connectivity index (χ3n) is 2.38. The van der Waals surface area contributed by atoms with E-state index < -0.39 is 18.8 Å². The summed E-state index contributed by atoms with van der Waals surface area (Å²) in [6.45, 7) is -1.59. The first-order valence-corrected chi connectivity index (χ1v) is 5.82. The summed E-state index contributed by atoms with van der Waals surface area (Å²) in [6.07, 6.45) is -4.47. The van der Waals surface area contributed by atoms with Gasteiger partial charge in [0, 0.05) is 24.8 Å². The number of carbonyl (C=O) groups excluding carboxylic acids is 1. The quantitative estimate of drug-likeness (QED) is 0.872. The second-order valence-corrected chi connectivity index (χ2v) is 3.99. The van der Waals surface area contributed by atoms with Gasteiger partial charge in [-0.3, -0.25) is 0 Å². The summed E-state index contributed by atoms with van der Waals surface area (Å²) in [4.78, 5) is 12.4. The van der Waals surface area contributed by atoms with Crippen LogP contribution >= 0.6 is 0 Å². The van der Waals surface area contributed by atoms with Gasteiger partial charge in [0.25, 0.3) is 0 Å². The summed E-state index contributed by atoms with van der Waals surface area (Å²) in [7, 11) is 1.45. The summed E-state index contributed by atoms with van der Waals surface area (Å²) in [5, 5.41) is 2.38. The van der Waals surface area contributed by atoms with Crippen molar-refractivity contribution in [2.45, 2.75) is 6.18 Å². The lowest BCUT2D eigenvalue weighted by Gasteiger charge is -2.23. The van der Waals surface area contributed by atoms with E-state index in [1.54, 1.807) is 18.2 Å². The fraction of sp³-hybridized carbons (Fsp3) is 0.417. The molecule has 0 bridgehead atoms. The molecule has 0 heterocycles. The Bertz CT molecular complexity index is 452. The topological polar surface area (TPSA) is 67.6 Å². The normalized spacial score (nSPS) is 11.1. The van der Waals surface area contributed by atoms with Gasteiger partial charge in [-0.2, -0.15) is 13.2 Å². The van der Waals surface area contributed by atoms with Gasteiger partial charge in [0.05, 0.1) is 7.11 Å². The fourth-order valence-corrected chi connectivity index (χ4v) is 1.53. The Hall–Kier alpha value is -1.96. The van der Waals surface area contributed by atoms with Gasteiger partial charge < -0.3 is 20.7 Å². The number of urea groups is 1. The zero-order valence-electron chi connectivity index (χ0n) is 10.9. The number of nitrogens with one attached hydrogen (secondary N) is 1. The van der Waals surface area contributed by atoms with Crippen LogP contribution in [0.25, 0.3) is 0 Å². The maximum Gasteiger partial charge on any atom is 0.406 e. The fourth-order valence-electron chi connectivity index (χ4n) is 1.53. The highest BCUT2D eigenvalue weighted by Crippen LogP contribution is 2.19. The molecule has 2 amide bonds. The van der Waals surface area contributed by atoms with Crippen molar-refractivity contribution in [2.75, 3.05) is 32.1 Å². The van der Waals surface area contributed by atoms with Crippen LogP contribution in [-0.4, -0.2) is 43.9 Å². The summed E-state index contributed by atoms with van der Waals surface area (Å²) in [5.74, 6) is 0.490. The Morgan fingerprint density at radius 3 is 2.70 bits per heavy atom. The number of benzene rings is 1. The van der Waals surface area contributed by atoms with Crippen LogP contribution in [0, 0.1) is 0 Å². The standard InChI is InChI=1S/C12H16F3N3O2/c1-20-10-4-2-3-9(7-10)17-11(19)18(6-5-16)8-12(13,14)15/h2-4,7H,5-6,8,16H2,1H3,(H,17,19). The number of ether oxygens (including phenoxy) is 1. The van der Waals surface area contributed by atoms with E-state index in [9.17, 15) is 18.0 Å². The van der Waals surface area contributed by atoms with Crippen molar-refractivity contribution in [3.8, 4) is 5.75 Å². The Balaban J connectivity index is 2.74. The number of methoxy groups -OCH3 is 1. The van der Waals surface area contributed by atoms with E-state index in [0.29, 0.717) is 16.3 Å². The van der Waals surface area contributed by atoms with Gasteiger partial charge in [-0.1, -0.05) is 6.07 Å². The first-order chi connectivity index (χ1) is 9.35. The molecule has 0 atom stereocenters. The SMILES string of the molecule is COc1cccc(NC(=O)N(CCN)CC(F)(F)F)c1. The molecular formula is C12H16F3N3O2. The van der Waals surface area contributed by atoms with Gasteiger partial charge in [-0.25, -0.2) is 4.79 Å². The van der Waals surface area contributed by atoms with Gasteiger partial charge in [-0.05, 0) is 12.1 Å². The van der Waals surface area contributed by atoms with E-state index in [1.165, 1.54) is 13.2 Å². The number of halogens is 3. The van der Waals surface area contributed by atoms with Crippen LogP contribution in [-0.2, 0) is 0 Å². The highest BCUT2D eigenvalue weighted by molar-refractivity contribution is 5.89. The summed E-state index contributed by atoms with van der Waals surface area (Å²) in [6, 6.07) is 5.47. The van der Waals surface area contributed by atoms with Crippen LogP contribution in [0.4, 0.5) is 23.7 Å². The summed E-state index contributed by atoms with van der Waals surface area (Å²) in [5.41, 5.74) is 5.56. The van der Waals surface area contributed by atoms with E-state index in [0.717, 1.165) is 0 Å². The number of rotatable bonds is 5. The lowest BCUT2D eigenvalue weighted by atomic mass is 10.3. The Kier molecular flexibility index (Phi) is 5.63. The van der Waals surface area contributed by atoms with Gasteiger partial charge in [0.1, 0.15) is 12.3 Å². The maximum absolute atomic E-state index is 12.4. The van der Waals surface area contributed by atoms with Gasteiger partial charge >= 0.3 is 12.2 Å². The number of nitrogens with zero attached hydrogens (tertiary/aromatic N) is 1. The second-order valence-electron chi connectivity index (χ2n) is 3.99.